The van der Waals surface area contributed by atoms with Crippen LogP contribution in [0.4, 0.5) is 4.79 Å². The lowest BCUT2D eigenvalue weighted by Crippen LogP contribution is -2.66. The van der Waals surface area contributed by atoms with Crippen LogP contribution in [-0.4, -0.2) is 46.7 Å². The molecule has 0 saturated carbocycles. The van der Waals surface area contributed by atoms with Crippen molar-refractivity contribution in [2.45, 2.75) is 51.7 Å². The molecule has 1 rings (SSSR count). The van der Waals surface area contributed by atoms with Crippen molar-refractivity contribution in [2.75, 3.05) is 13.1 Å². The average molecular weight is 271 g/mol. The van der Waals surface area contributed by atoms with E-state index in [1.165, 1.54) is 0 Å². The first kappa shape index (κ1) is 15.8. The Morgan fingerprint density at radius 1 is 1.42 bits per heavy atom. The minimum absolute atomic E-state index is 0.159. The Morgan fingerprint density at radius 3 is 2.42 bits per heavy atom. The Bertz CT molecular complexity index is 338. The van der Waals surface area contributed by atoms with Crippen molar-refractivity contribution >= 4 is 11.9 Å². The molecule has 1 unspecified atom stereocenters. The second-order valence-electron chi connectivity index (χ2n) is 5.86. The summed E-state index contributed by atoms with van der Waals surface area (Å²) in [6.45, 7) is 6.64. The van der Waals surface area contributed by atoms with Crippen molar-refractivity contribution in [3.8, 4) is 0 Å². The summed E-state index contributed by atoms with van der Waals surface area (Å²) in [6.07, 6.45) is 2.12. The molecular formula is C13H25N3O3. The van der Waals surface area contributed by atoms with Gasteiger partial charge in [0.05, 0.1) is 18.7 Å². The van der Waals surface area contributed by atoms with Gasteiger partial charge in [-0.15, -0.1) is 0 Å². The first-order valence-electron chi connectivity index (χ1n) is 6.84. The molecule has 0 radical (unpaired) electrons. The standard InChI is InChI=1S/C13H25N3O3/c1-4-5-13(19)7-16(8-13)11(17)10(6-9(2)3)15-12(14)18/h9-10,19H,4-8H2,1-3H3,(H3,14,15,18). The quantitative estimate of drug-likeness (QED) is 0.654. The number of nitrogens with two attached hydrogens (primary N) is 1. The van der Waals surface area contributed by atoms with Crippen molar-refractivity contribution in [1.82, 2.24) is 10.2 Å². The van der Waals surface area contributed by atoms with Crippen molar-refractivity contribution in [3.05, 3.63) is 0 Å². The Kier molecular flexibility index (Phi) is 5.17. The molecule has 19 heavy (non-hydrogen) atoms. The fourth-order valence-corrected chi connectivity index (χ4v) is 2.53. The van der Waals surface area contributed by atoms with E-state index in [1.807, 2.05) is 20.8 Å². The largest absolute Gasteiger partial charge is 0.386 e. The highest BCUT2D eigenvalue weighted by Crippen LogP contribution is 2.26. The second kappa shape index (κ2) is 6.23. The van der Waals surface area contributed by atoms with Gasteiger partial charge in [-0.1, -0.05) is 27.2 Å². The highest BCUT2D eigenvalue weighted by molar-refractivity contribution is 5.87. The van der Waals surface area contributed by atoms with Crippen LogP contribution in [0.3, 0.4) is 0 Å². The number of rotatable bonds is 6. The number of carbonyl (C=O) groups excluding carboxylic acids is 2. The maximum absolute atomic E-state index is 12.2. The predicted octanol–water partition coefficient (Wildman–Crippen LogP) is 0.443. The number of likely N-dealkylation sites (tertiary alicyclic amines) is 1. The van der Waals surface area contributed by atoms with Crippen LogP contribution in [0.1, 0.15) is 40.0 Å². The average Bonchev–Trinajstić information content (AvgIpc) is 2.22. The molecule has 0 aliphatic carbocycles. The van der Waals surface area contributed by atoms with Crippen LogP contribution in [0.5, 0.6) is 0 Å². The molecule has 0 spiro atoms. The minimum Gasteiger partial charge on any atom is -0.386 e. The zero-order chi connectivity index (χ0) is 14.6. The molecule has 1 aliphatic rings. The molecule has 0 aromatic heterocycles. The van der Waals surface area contributed by atoms with Gasteiger partial charge in [-0.3, -0.25) is 4.79 Å². The van der Waals surface area contributed by atoms with Crippen LogP contribution in [0.15, 0.2) is 0 Å². The summed E-state index contributed by atoms with van der Waals surface area (Å²) < 4.78 is 0. The Labute approximate surface area is 114 Å². The van der Waals surface area contributed by atoms with E-state index in [0.29, 0.717) is 25.9 Å². The number of β-amino-alcohol motifs (C(OH)–C–C–N with tert-alkyl or cyclic N) is 1. The van der Waals surface area contributed by atoms with E-state index in [2.05, 4.69) is 5.32 Å². The SMILES string of the molecule is CCCC1(O)CN(C(=O)C(CC(C)C)NC(N)=O)C1. The Morgan fingerprint density at radius 2 is 2.00 bits per heavy atom. The topological polar surface area (TPSA) is 95.7 Å². The van der Waals surface area contributed by atoms with E-state index in [0.717, 1.165) is 6.42 Å². The van der Waals surface area contributed by atoms with E-state index >= 15 is 0 Å². The number of urea groups is 1. The number of nitrogens with one attached hydrogen (secondary N) is 1. The first-order chi connectivity index (χ1) is 8.77. The molecule has 3 amide bonds. The maximum atomic E-state index is 12.2. The molecule has 1 atom stereocenters. The van der Waals surface area contributed by atoms with Crippen LogP contribution < -0.4 is 11.1 Å². The number of aliphatic hydroxyl groups is 1. The molecule has 110 valence electrons. The van der Waals surface area contributed by atoms with Crippen molar-refractivity contribution < 1.29 is 14.7 Å². The van der Waals surface area contributed by atoms with Gasteiger partial charge in [0.25, 0.3) is 0 Å². The van der Waals surface area contributed by atoms with Gasteiger partial charge in [-0.05, 0) is 18.8 Å². The number of nitrogens with zero attached hydrogens (tertiary/aromatic N) is 1. The van der Waals surface area contributed by atoms with Crippen LogP contribution >= 0.6 is 0 Å². The normalized spacial score (nSPS) is 18.9. The van der Waals surface area contributed by atoms with Crippen LogP contribution in [-0.2, 0) is 4.79 Å². The van der Waals surface area contributed by atoms with Crippen molar-refractivity contribution in [1.29, 1.82) is 0 Å². The lowest BCUT2D eigenvalue weighted by Gasteiger charge is -2.47. The van der Waals surface area contributed by atoms with Gasteiger partial charge in [0.1, 0.15) is 6.04 Å². The fourth-order valence-electron chi connectivity index (χ4n) is 2.53. The van der Waals surface area contributed by atoms with Crippen LogP contribution in [0.25, 0.3) is 0 Å². The summed E-state index contributed by atoms with van der Waals surface area (Å²) in [4.78, 5) is 24.8. The molecule has 0 aromatic carbocycles. The minimum atomic E-state index is -0.750. The van der Waals surface area contributed by atoms with E-state index < -0.39 is 17.7 Å². The molecule has 6 heteroatoms. The number of amides is 3. The number of hydrogen-bond donors (Lipinski definition) is 3. The summed E-state index contributed by atoms with van der Waals surface area (Å²) in [5.74, 6) is 0.116. The van der Waals surface area contributed by atoms with Crippen molar-refractivity contribution in [2.24, 2.45) is 11.7 Å². The van der Waals surface area contributed by atoms with Gasteiger partial charge in [0.15, 0.2) is 0 Å². The van der Waals surface area contributed by atoms with E-state index in [1.54, 1.807) is 4.90 Å². The van der Waals surface area contributed by atoms with Crippen LogP contribution in [0, 0.1) is 5.92 Å². The Balaban J connectivity index is 2.56. The van der Waals surface area contributed by atoms with Gasteiger partial charge in [-0.2, -0.15) is 0 Å². The summed E-state index contributed by atoms with van der Waals surface area (Å²) in [5.41, 5.74) is 4.35. The summed E-state index contributed by atoms with van der Waals surface area (Å²) >= 11 is 0. The summed E-state index contributed by atoms with van der Waals surface area (Å²) in [7, 11) is 0. The highest BCUT2D eigenvalue weighted by Gasteiger charge is 2.44. The lowest BCUT2D eigenvalue weighted by atomic mass is 9.88. The van der Waals surface area contributed by atoms with Crippen LogP contribution in [0.2, 0.25) is 0 Å². The number of primary amides is 1. The van der Waals surface area contributed by atoms with Gasteiger partial charge in [-0.25, -0.2) is 4.79 Å². The molecule has 6 nitrogen and oxygen atoms in total. The fraction of sp³-hybridized carbons (Fsp3) is 0.846. The Hall–Kier alpha value is -1.30. The third kappa shape index (κ3) is 4.38. The summed E-state index contributed by atoms with van der Waals surface area (Å²) in [5, 5.41) is 12.6. The van der Waals surface area contributed by atoms with Gasteiger partial charge in [0.2, 0.25) is 5.91 Å². The van der Waals surface area contributed by atoms with E-state index in [4.69, 9.17) is 5.73 Å². The monoisotopic (exact) mass is 271 g/mol. The first-order valence-corrected chi connectivity index (χ1v) is 6.84. The molecule has 1 saturated heterocycles. The molecule has 1 fully saturated rings. The molecule has 0 aromatic rings. The van der Waals surface area contributed by atoms with Gasteiger partial charge < -0.3 is 21.1 Å². The lowest BCUT2D eigenvalue weighted by molar-refractivity contribution is -0.158. The van der Waals surface area contributed by atoms with Gasteiger partial charge in [0, 0.05) is 0 Å². The molecule has 1 heterocycles. The maximum Gasteiger partial charge on any atom is 0.312 e. The highest BCUT2D eigenvalue weighted by atomic mass is 16.3. The molecule has 1 aliphatic heterocycles. The zero-order valence-electron chi connectivity index (χ0n) is 12.0. The smallest absolute Gasteiger partial charge is 0.312 e. The van der Waals surface area contributed by atoms with Gasteiger partial charge >= 0.3 is 6.03 Å². The van der Waals surface area contributed by atoms with E-state index in [9.17, 15) is 14.7 Å². The summed E-state index contributed by atoms with van der Waals surface area (Å²) in [6, 6.07) is -1.29. The molecular weight excluding hydrogens is 246 g/mol. The van der Waals surface area contributed by atoms with Crippen molar-refractivity contribution in [3.63, 3.8) is 0 Å². The predicted molar refractivity (Wildman–Crippen MR) is 72.4 cm³/mol. The molecule has 0 bridgehead atoms. The van der Waals surface area contributed by atoms with E-state index in [-0.39, 0.29) is 11.8 Å². The second-order valence-corrected chi connectivity index (χ2v) is 5.86. The molecule has 4 N–H and O–H groups in total. The third-order valence-electron chi connectivity index (χ3n) is 3.32. The third-order valence-corrected chi connectivity index (χ3v) is 3.32. The zero-order valence-corrected chi connectivity index (χ0v) is 12.0. The number of hydrogen-bond acceptors (Lipinski definition) is 3. The number of carbonyl (C=O) groups is 2.